The number of esters is 1. The quantitative estimate of drug-likeness (QED) is 0.253. The SMILES string of the molecule is Cc1ccc(COC(=O)CC(=O)C=Cc2cccc([N+](=O)[O-])c2)cc1. The molecule has 0 N–H and O–H groups in total. The summed E-state index contributed by atoms with van der Waals surface area (Å²) in [5.41, 5.74) is 2.40. The van der Waals surface area contributed by atoms with Crippen LogP contribution in [0.1, 0.15) is 23.1 Å². The van der Waals surface area contributed by atoms with Gasteiger partial charge in [-0.15, -0.1) is 0 Å². The maximum Gasteiger partial charge on any atom is 0.314 e. The average molecular weight is 339 g/mol. The molecule has 0 aliphatic rings. The summed E-state index contributed by atoms with van der Waals surface area (Å²) in [7, 11) is 0. The molecule has 0 aromatic heterocycles. The van der Waals surface area contributed by atoms with Crippen molar-refractivity contribution in [3.63, 3.8) is 0 Å². The predicted octanol–water partition coefficient (Wildman–Crippen LogP) is 3.62. The first kappa shape index (κ1) is 18.1. The van der Waals surface area contributed by atoms with Gasteiger partial charge in [-0.1, -0.05) is 48.0 Å². The number of hydrogen-bond donors (Lipinski definition) is 0. The first-order valence-electron chi connectivity index (χ1n) is 7.60. The summed E-state index contributed by atoms with van der Waals surface area (Å²) in [6, 6.07) is 13.4. The lowest BCUT2D eigenvalue weighted by Gasteiger charge is -2.04. The Morgan fingerprint density at radius 2 is 1.88 bits per heavy atom. The van der Waals surface area contributed by atoms with E-state index >= 15 is 0 Å². The number of non-ortho nitro benzene ring substituents is 1. The Bertz CT molecular complexity index is 809. The van der Waals surface area contributed by atoms with Gasteiger partial charge in [0.2, 0.25) is 0 Å². The van der Waals surface area contributed by atoms with Gasteiger partial charge < -0.3 is 4.74 Å². The Kier molecular flexibility index (Phi) is 6.17. The molecule has 0 amide bonds. The highest BCUT2D eigenvalue weighted by molar-refractivity contribution is 6.03. The molecule has 6 heteroatoms. The topological polar surface area (TPSA) is 86.5 Å². The molecule has 2 rings (SSSR count). The number of carbonyl (C=O) groups is 2. The van der Waals surface area contributed by atoms with Crippen LogP contribution in [0.15, 0.2) is 54.6 Å². The van der Waals surface area contributed by atoms with Crippen molar-refractivity contribution in [3.05, 3.63) is 81.4 Å². The summed E-state index contributed by atoms with van der Waals surface area (Å²) in [5, 5.41) is 10.7. The van der Waals surface area contributed by atoms with Gasteiger partial charge in [-0.25, -0.2) is 0 Å². The van der Waals surface area contributed by atoms with Crippen LogP contribution < -0.4 is 0 Å². The highest BCUT2D eigenvalue weighted by atomic mass is 16.6. The van der Waals surface area contributed by atoms with Gasteiger partial charge in [0.05, 0.1) is 4.92 Å². The van der Waals surface area contributed by atoms with Crippen LogP contribution >= 0.6 is 0 Å². The molecule has 2 aromatic rings. The van der Waals surface area contributed by atoms with E-state index in [0.29, 0.717) is 5.56 Å². The summed E-state index contributed by atoms with van der Waals surface area (Å²) in [5.74, 6) is -1.05. The van der Waals surface area contributed by atoms with Gasteiger partial charge in [0, 0.05) is 12.1 Å². The van der Waals surface area contributed by atoms with Crippen molar-refractivity contribution in [1.29, 1.82) is 0 Å². The van der Waals surface area contributed by atoms with Crippen LogP contribution in [0.4, 0.5) is 5.69 Å². The summed E-state index contributed by atoms with van der Waals surface area (Å²) in [6.07, 6.45) is 2.27. The van der Waals surface area contributed by atoms with Crippen molar-refractivity contribution in [1.82, 2.24) is 0 Å². The Balaban J connectivity index is 1.84. The highest BCUT2D eigenvalue weighted by Crippen LogP contribution is 2.14. The highest BCUT2D eigenvalue weighted by Gasteiger charge is 2.09. The van der Waals surface area contributed by atoms with E-state index in [2.05, 4.69) is 0 Å². The Morgan fingerprint density at radius 3 is 2.56 bits per heavy atom. The Hall–Kier alpha value is -3.28. The second-order valence-corrected chi connectivity index (χ2v) is 5.47. The fourth-order valence-electron chi connectivity index (χ4n) is 2.03. The maximum atomic E-state index is 11.8. The first-order chi connectivity index (χ1) is 11.9. The van der Waals surface area contributed by atoms with Crippen molar-refractivity contribution >= 4 is 23.5 Å². The van der Waals surface area contributed by atoms with Gasteiger partial charge in [0.1, 0.15) is 13.0 Å². The second-order valence-electron chi connectivity index (χ2n) is 5.47. The maximum absolute atomic E-state index is 11.8. The number of hydrogen-bond acceptors (Lipinski definition) is 5. The molecule has 0 spiro atoms. The standard InChI is InChI=1S/C19H17NO5/c1-14-5-7-16(8-6-14)13-25-19(22)12-18(21)10-9-15-3-2-4-17(11-15)20(23)24/h2-11H,12-13H2,1H3. The number of ether oxygens (including phenoxy) is 1. The number of carbonyl (C=O) groups excluding carboxylic acids is 2. The number of rotatable bonds is 7. The molecule has 0 radical (unpaired) electrons. The molecule has 0 bridgehead atoms. The summed E-state index contributed by atoms with van der Waals surface area (Å²) in [4.78, 5) is 33.6. The number of nitro benzene ring substituents is 1. The number of allylic oxidation sites excluding steroid dienone is 1. The Labute approximate surface area is 144 Å². The fourth-order valence-corrected chi connectivity index (χ4v) is 2.03. The Morgan fingerprint density at radius 1 is 1.16 bits per heavy atom. The molecular formula is C19H17NO5. The van der Waals surface area contributed by atoms with E-state index in [-0.39, 0.29) is 18.7 Å². The molecule has 0 saturated carbocycles. The molecule has 2 aromatic carbocycles. The first-order valence-corrected chi connectivity index (χ1v) is 7.60. The minimum atomic E-state index is -0.616. The van der Waals surface area contributed by atoms with Crippen LogP contribution in [0.25, 0.3) is 6.08 Å². The van der Waals surface area contributed by atoms with Crippen LogP contribution in [0.3, 0.4) is 0 Å². The van der Waals surface area contributed by atoms with Crippen LogP contribution in [-0.4, -0.2) is 16.7 Å². The number of ketones is 1. The normalized spacial score (nSPS) is 10.6. The lowest BCUT2D eigenvalue weighted by molar-refractivity contribution is -0.384. The van der Waals surface area contributed by atoms with E-state index in [1.165, 1.54) is 30.4 Å². The van der Waals surface area contributed by atoms with Crippen molar-refractivity contribution in [3.8, 4) is 0 Å². The molecule has 0 atom stereocenters. The van der Waals surface area contributed by atoms with E-state index in [4.69, 9.17) is 4.74 Å². The predicted molar refractivity (Wildman–Crippen MR) is 92.7 cm³/mol. The fraction of sp³-hybridized carbons (Fsp3) is 0.158. The molecule has 0 fully saturated rings. The molecule has 128 valence electrons. The van der Waals surface area contributed by atoms with Gasteiger partial charge >= 0.3 is 5.97 Å². The molecule has 0 heterocycles. The summed E-state index contributed by atoms with van der Waals surface area (Å²) >= 11 is 0. The van der Waals surface area contributed by atoms with Crippen LogP contribution in [0, 0.1) is 17.0 Å². The zero-order valence-electron chi connectivity index (χ0n) is 13.7. The van der Waals surface area contributed by atoms with E-state index in [0.717, 1.165) is 11.1 Å². The second kappa shape index (κ2) is 8.54. The summed E-state index contributed by atoms with van der Waals surface area (Å²) < 4.78 is 5.06. The van der Waals surface area contributed by atoms with Crippen molar-refractivity contribution in [2.75, 3.05) is 0 Å². The van der Waals surface area contributed by atoms with Gasteiger partial charge in [-0.3, -0.25) is 19.7 Å². The van der Waals surface area contributed by atoms with Gasteiger partial charge in [0.25, 0.3) is 5.69 Å². The third-order valence-corrected chi connectivity index (χ3v) is 3.38. The monoisotopic (exact) mass is 339 g/mol. The molecule has 0 unspecified atom stereocenters. The van der Waals surface area contributed by atoms with E-state index in [1.807, 2.05) is 31.2 Å². The van der Waals surface area contributed by atoms with Crippen molar-refractivity contribution in [2.45, 2.75) is 20.0 Å². The van der Waals surface area contributed by atoms with Crippen LogP contribution in [0.5, 0.6) is 0 Å². The zero-order valence-corrected chi connectivity index (χ0v) is 13.7. The van der Waals surface area contributed by atoms with E-state index in [9.17, 15) is 19.7 Å². The van der Waals surface area contributed by atoms with Crippen LogP contribution in [0.2, 0.25) is 0 Å². The van der Waals surface area contributed by atoms with E-state index in [1.54, 1.807) is 6.07 Å². The molecule has 25 heavy (non-hydrogen) atoms. The third-order valence-electron chi connectivity index (χ3n) is 3.38. The molecule has 0 aliphatic heterocycles. The largest absolute Gasteiger partial charge is 0.460 e. The lowest BCUT2D eigenvalue weighted by atomic mass is 10.1. The van der Waals surface area contributed by atoms with Gasteiger partial charge in [-0.05, 0) is 24.1 Å². The molecule has 0 aliphatic carbocycles. The minimum Gasteiger partial charge on any atom is -0.460 e. The minimum absolute atomic E-state index is 0.0629. The van der Waals surface area contributed by atoms with Crippen LogP contribution in [-0.2, 0) is 20.9 Å². The number of nitrogens with zero attached hydrogens (tertiary/aromatic N) is 1. The van der Waals surface area contributed by atoms with Gasteiger partial charge in [-0.2, -0.15) is 0 Å². The summed E-state index contributed by atoms with van der Waals surface area (Å²) in [6.45, 7) is 2.07. The molecule has 0 saturated heterocycles. The lowest BCUT2D eigenvalue weighted by Crippen LogP contribution is -2.09. The number of aryl methyl sites for hydroxylation is 1. The van der Waals surface area contributed by atoms with Crippen molar-refractivity contribution in [2.24, 2.45) is 0 Å². The average Bonchev–Trinajstić information content (AvgIpc) is 2.60. The smallest absolute Gasteiger partial charge is 0.314 e. The third kappa shape index (κ3) is 6.02. The van der Waals surface area contributed by atoms with E-state index < -0.39 is 16.7 Å². The van der Waals surface area contributed by atoms with Gasteiger partial charge in [0.15, 0.2) is 5.78 Å². The van der Waals surface area contributed by atoms with Crippen molar-refractivity contribution < 1.29 is 19.2 Å². The number of nitro groups is 1. The molecular weight excluding hydrogens is 322 g/mol. The molecule has 6 nitrogen and oxygen atoms in total. The number of benzene rings is 2. The zero-order chi connectivity index (χ0) is 18.2.